The van der Waals surface area contributed by atoms with Gasteiger partial charge < -0.3 is 19.5 Å². The minimum atomic E-state index is 0.619. The maximum atomic E-state index is 5.60. The molecule has 0 bridgehead atoms. The molecule has 4 nitrogen and oxygen atoms in total. The van der Waals surface area contributed by atoms with Crippen molar-refractivity contribution in [1.82, 2.24) is 5.32 Å². The Kier molecular flexibility index (Phi) is 6.80. The molecule has 0 aromatic heterocycles. The maximum Gasteiger partial charge on any atom is 0.175 e. The molecule has 1 N–H and O–H groups in total. The first-order valence-electron chi connectivity index (χ1n) is 7.52. The van der Waals surface area contributed by atoms with E-state index in [1.165, 1.54) is 18.4 Å². The Hall–Kier alpha value is -0.780. The summed E-state index contributed by atoms with van der Waals surface area (Å²) in [6, 6.07) is 4.11. The minimum Gasteiger partial charge on any atom is -0.493 e. The molecule has 1 fully saturated rings. The van der Waals surface area contributed by atoms with Crippen molar-refractivity contribution in [2.24, 2.45) is 5.92 Å². The smallest absolute Gasteiger partial charge is 0.175 e. The minimum absolute atomic E-state index is 0.619. The summed E-state index contributed by atoms with van der Waals surface area (Å²) in [6.07, 6.45) is 2.43. The van der Waals surface area contributed by atoms with Gasteiger partial charge in [-0.25, -0.2) is 0 Å². The highest BCUT2D eigenvalue weighted by atomic mass is 79.9. The van der Waals surface area contributed by atoms with Crippen LogP contribution in [0.4, 0.5) is 0 Å². The van der Waals surface area contributed by atoms with Crippen molar-refractivity contribution in [2.45, 2.75) is 26.3 Å². The van der Waals surface area contributed by atoms with E-state index in [0.717, 1.165) is 42.3 Å². The van der Waals surface area contributed by atoms with Gasteiger partial charge in [0, 0.05) is 19.7 Å². The van der Waals surface area contributed by atoms with Gasteiger partial charge in [0.05, 0.1) is 24.8 Å². The van der Waals surface area contributed by atoms with E-state index in [0.29, 0.717) is 12.5 Å². The number of halogens is 1. The summed E-state index contributed by atoms with van der Waals surface area (Å²) in [6.45, 7) is 6.19. The average Bonchev–Trinajstić information content (AvgIpc) is 2.51. The molecule has 0 radical (unpaired) electrons. The summed E-state index contributed by atoms with van der Waals surface area (Å²) in [4.78, 5) is 0. The van der Waals surface area contributed by atoms with Gasteiger partial charge in [-0.15, -0.1) is 0 Å². The van der Waals surface area contributed by atoms with Crippen molar-refractivity contribution in [2.75, 3.05) is 33.5 Å². The van der Waals surface area contributed by atoms with E-state index < -0.39 is 0 Å². The van der Waals surface area contributed by atoms with Crippen LogP contribution in [0, 0.1) is 5.92 Å². The standard InChI is InChI=1S/C16H24BrNO3/c1-3-21-16-14(17)7-13(8-15(16)19-2)10-18-9-12-5-4-6-20-11-12/h7-8,12,18H,3-6,9-11H2,1-2H3. The molecule has 1 aliphatic rings. The summed E-state index contributed by atoms with van der Waals surface area (Å²) in [7, 11) is 1.67. The lowest BCUT2D eigenvalue weighted by atomic mass is 10.0. The molecule has 5 heteroatoms. The zero-order valence-electron chi connectivity index (χ0n) is 12.8. The van der Waals surface area contributed by atoms with Crippen molar-refractivity contribution < 1.29 is 14.2 Å². The highest BCUT2D eigenvalue weighted by Gasteiger charge is 2.14. The second-order valence-electron chi connectivity index (χ2n) is 5.26. The van der Waals surface area contributed by atoms with Gasteiger partial charge in [0.1, 0.15) is 0 Å². The molecule has 2 rings (SSSR count). The summed E-state index contributed by atoms with van der Waals surface area (Å²) < 4.78 is 17.4. The van der Waals surface area contributed by atoms with Gasteiger partial charge in [-0.2, -0.15) is 0 Å². The first-order valence-corrected chi connectivity index (χ1v) is 8.31. The third-order valence-corrected chi connectivity index (χ3v) is 4.18. The molecule has 1 aromatic rings. The second-order valence-corrected chi connectivity index (χ2v) is 6.11. The molecule has 0 aliphatic carbocycles. The average molecular weight is 358 g/mol. The lowest BCUT2D eigenvalue weighted by molar-refractivity contribution is 0.0547. The molecule has 0 spiro atoms. The van der Waals surface area contributed by atoms with Crippen molar-refractivity contribution in [1.29, 1.82) is 0 Å². The number of rotatable bonds is 7. The Balaban J connectivity index is 1.92. The van der Waals surface area contributed by atoms with E-state index in [9.17, 15) is 0 Å². The lowest BCUT2D eigenvalue weighted by Crippen LogP contribution is -2.28. The van der Waals surface area contributed by atoms with Crippen LogP contribution in [-0.2, 0) is 11.3 Å². The van der Waals surface area contributed by atoms with E-state index in [1.807, 2.05) is 13.0 Å². The number of hydrogen-bond donors (Lipinski definition) is 1. The molecule has 1 unspecified atom stereocenters. The Morgan fingerprint density at radius 1 is 1.43 bits per heavy atom. The quantitative estimate of drug-likeness (QED) is 0.811. The number of benzene rings is 1. The summed E-state index contributed by atoms with van der Waals surface area (Å²) in [5, 5.41) is 3.50. The molecule has 118 valence electrons. The SMILES string of the molecule is CCOc1c(Br)cc(CNCC2CCCOC2)cc1OC. The largest absolute Gasteiger partial charge is 0.493 e. The third-order valence-electron chi connectivity index (χ3n) is 3.59. The molecule has 1 aromatic carbocycles. The van der Waals surface area contributed by atoms with Crippen LogP contribution in [-0.4, -0.2) is 33.5 Å². The normalized spacial score (nSPS) is 18.5. The molecule has 0 amide bonds. The molecular weight excluding hydrogens is 334 g/mol. The maximum absolute atomic E-state index is 5.60. The van der Waals surface area contributed by atoms with Crippen LogP contribution in [0.25, 0.3) is 0 Å². The predicted octanol–water partition coefficient (Wildman–Crippen LogP) is 3.37. The fourth-order valence-corrected chi connectivity index (χ4v) is 3.15. The van der Waals surface area contributed by atoms with Gasteiger partial charge >= 0.3 is 0 Å². The van der Waals surface area contributed by atoms with Crippen molar-refractivity contribution >= 4 is 15.9 Å². The molecule has 0 saturated carbocycles. The Morgan fingerprint density at radius 3 is 2.95 bits per heavy atom. The highest BCUT2D eigenvalue weighted by molar-refractivity contribution is 9.10. The molecule has 21 heavy (non-hydrogen) atoms. The van der Waals surface area contributed by atoms with Crippen LogP contribution in [0.2, 0.25) is 0 Å². The predicted molar refractivity (Wildman–Crippen MR) is 87.1 cm³/mol. The van der Waals surface area contributed by atoms with E-state index >= 15 is 0 Å². The molecular formula is C16H24BrNO3. The zero-order chi connectivity index (χ0) is 15.1. The number of hydrogen-bond acceptors (Lipinski definition) is 4. The molecule has 1 heterocycles. The van der Waals surface area contributed by atoms with Crippen LogP contribution in [0.15, 0.2) is 16.6 Å². The third kappa shape index (κ3) is 4.87. The van der Waals surface area contributed by atoms with Gasteiger partial charge in [0.15, 0.2) is 11.5 Å². The monoisotopic (exact) mass is 357 g/mol. The first-order chi connectivity index (χ1) is 10.2. The van der Waals surface area contributed by atoms with Gasteiger partial charge in [-0.3, -0.25) is 0 Å². The van der Waals surface area contributed by atoms with E-state index in [4.69, 9.17) is 14.2 Å². The van der Waals surface area contributed by atoms with Gasteiger partial charge in [-0.1, -0.05) is 0 Å². The Labute approximate surface area is 135 Å². The van der Waals surface area contributed by atoms with E-state index in [2.05, 4.69) is 27.3 Å². The van der Waals surface area contributed by atoms with E-state index in [1.54, 1.807) is 7.11 Å². The van der Waals surface area contributed by atoms with Crippen LogP contribution in [0.5, 0.6) is 11.5 Å². The second kappa shape index (κ2) is 8.61. The summed E-state index contributed by atoms with van der Waals surface area (Å²) in [5.74, 6) is 2.17. The van der Waals surface area contributed by atoms with Crippen LogP contribution in [0.1, 0.15) is 25.3 Å². The fraction of sp³-hybridized carbons (Fsp3) is 0.625. The Bertz CT molecular complexity index is 447. The number of ether oxygens (including phenoxy) is 3. The summed E-state index contributed by atoms with van der Waals surface area (Å²) in [5.41, 5.74) is 1.18. The van der Waals surface area contributed by atoms with Crippen molar-refractivity contribution in [3.05, 3.63) is 22.2 Å². The Morgan fingerprint density at radius 2 is 2.29 bits per heavy atom. The van der Waals surface area contributed by atoms with Gasteiger partial charge in [0.25, 0.3) is 0 Å². The highest BCUT2D eigenvalue weighted by Crippen LogP contribution is 2.36. The fourth-order valence-electron chi connectivity index (χ4n) is 2.55. The van der Waals surface area contributed by atoms with Crippen LogP contribution < -0.4 is 14.8 Å². The van der Waals surface area contributed by atoms with Gasteiger partial charge in [0.2, 0.25) is 0 Å². The van der Waals surface area contributed by atoms with Crippen molar-refractivity contribution in [3.63, 3.8) is 0 Å². The zero-order valence-corrected chi connectivity index (χ0v) is 14.4. The molecule has 1 saturated heterocycles. The number of methoxy groups -OCH3 is 1. The molecule has 1 aliphatic heterocycles. The number of nitrogens with one attached hydrogen (secondary N) is 1. The first kappa shape index (κ1) is 16.6. The molecule has 1 atom stereocenters. The van der Waals surface area contributed by atoms with Crippen LogP contribution in [0.3, 0.4) is 0 Å². The van der Waals surface area contributed by atoms with Crippen molar-refractivity contribution in [3.8, 4) is 11.5 Å². The van der Waals surface area contributed by atoms with E-state index in [-0.39, 0.29) is 0 Å². The van der Waals surface area contributed by atoms with Crippen LogP contribution >= 0.6 is 15.9 Å². The topological polar surface area (TPSA) is 39.7 Å². The lowest BCUT2D eigenvalue weighted by Gasteiger charge is -2.22. The summed E-state index contributed by atoms with van der Waals surface area (Å²) >= 11 is 3.56. The van der Waals surface area contributed by atoms with Gasteiger partial charge in [-0.05, 0) is 59.3 Å².